The molecular weight excluding hydrogens is 899 g/mol. The number of piperidine rings is 3. The Bertz CT molecular complexity index is 2900. The average molecular weight is 953 g/mol. The largest absolute Gasteiger partial charge is 0.493 e. The van der Waals surface area contributed by atoms with Gasteiger partial charge in [-0.15, -0.1) is 0 Å². The highest BCUT2D eigenvalue weighted by Gasteiger charge is 2.49. The van der Waals surface area contributed by atoms with E-state index >= 15 is 8.78 Å². The first-order valence-electron chi connectivity index (χ1n) is 22.9. The minimum Gasteiger partial charge on any atom is -0.493 e. The third-order valence-electron chi connectivity index (χ3n) is 13.7. The van der Waals surface area contributed by atoms with Gasteiger partial charge in [0, 0.05) is 62.4 Å². The van der Waals surface area contributed by atoms with Gasteiger partial charge >= 0.3 is 0 Å². The number of imide groups is 2. The lowest BCUT2D eigenvalue weighted by Gasteiger charge is -2.44. The Morgan fingerprint density at radius 2 is 1.59 bits per heavy atom. The number of carbonyl (C=O) groups is 4. The number of hydrogen-bond acceptors (Lipinski definition) is 12. The van der Waals surface area contributed by atoms with E-state index in [4.69, 9.17) is 14.2 Å². The zero-order valence-electron chi connectivity index (χ0n) is 38.4. The molecule has 358 valence electrons. The molecule has 0 bridgehead atoms. The predicted octanol–water partition coefficient (Wildman–Crippen LogP) is 7.05. The molecular formula is C50H54F2N6O9S. The molecule has 5 heterocycles. The second kappa shape index (κ2) is 18.6. The van der Waals surface area contributed by atoms with Gasteiger partial charge in [0.1, 0.15) is 21.3 Å². The van der Waals surface area contributed by atoms with Crippen molar-refractivity contribution in [3.8, 4) is 23.0 Å². The molecule has 68 heavy (non-hydrogen) atoms. The number of benzene rings is 4. The average Bonchev–Trinajstić information content (AvgIpc) is 3.76. The maximum absolute atomic E-state index is 16.0. The van der Waals surface area contributed by atoms with Crippen LogP contribution in [0.4, 0.5) is 14.5 Å². The number of nitrogens with one attached hydrogen (secondary N) is 1. The van der Waals surface area contributed by atoms with Gasteiger partial charge < -0.3 is 19.1 Å². The van der Waals surface area contributed by atoms with E-state index in [1.54, 1.807) is 66.0 Å². The molecule has 3 atom stereocenters. The summed E-state index contributed by atoms with van der Waals surface area (Å²) in [7, 11) is -0.399. The molecule has 4 aromatic carbocycles. The van der Waals surface area contributed by atoms with Crippen molar-refractivity contribution < 1.29 is 50.6 Å². The number of carbonyl (C=O) groups excluding carboxylic acids is 4. The molecule has 1 unspecified atom stereocenters. The molecule has 9 rings (SSSR count). The smallest absolute Gasteiger partial charge is 0.263 e. The minimum absolute atomic E-state index is 0.166. The summed E-state index contributed by atoms with van der Waals surface area (Å²) in [5, 5.41) is 7.80. The van der Waals surface area contributed by atoms with Crippen molar-refractivity contribution in [1.82, 2.24) is 24.9 Å². The molecule has 0 spiro atoms. The van der Waals surface area contributed by atoms with Gasteiger partial charge in [0.05, 0.1) is 60.3 Å². The Balaban J connectivity index is 0.796. The van der Waals surface area contributed by atoms with E-state index < -0.39 is 51.2 Å². The lowest BCUT2D eigenvalue weighted by Crippen LogP contribution is -2.52. The van der Waals surface area contributed by atoms with Crippen molar-refractivity contribution in [2.24, 2.45) is 18.9 Å². The third kappa shape index (κ3) is 9.39. The molecule has 4 amide bonds. The number of methoxy groups -OCH3 is 1. The van der Waals surface area contributed by atoms with Crippen LogP contribution in [0.15, 0.2) is 78.9 Å². The zero-order valence-corrected chi connectivity index (χ0v) is 39.2. The summed E-state index contributed by atoms with van der Waals surface area (Å²) in [6.45, 7) is 3.67. The number of anilines is 1. The number of likely N-dealkylation sites (tertiary alicyclic amines) is 1. The lowest BCUT2D eigenvalue weighted by atomic mass is 9.76. The monoisotopic (exact) mass is 952 g/mol. The minimum atomic E-state index is -3.67. The first-order valence-corrected chi connectivity index (χ1v) is 25.0. The Morgan fingerprint density at radius 3 is 2.28 bits per heavy atom. The van der Waals surface area contributed by atoms with Crippen LogP contribution in [-0.4, -0.2) is 109 Å². The lowest BCUT2D eigenvalue weighted by molar-refractivity contribution is -0.134. The van der Waals surface area contributed by atoms with Crippen molar-refractivity contribution in [1.29, 1.82) is 0 Å². The van der Waals surface area contributed by atoms with E-state index in [1.165, 1.54) is 7.11 Å². The Kier molecular flexibility index (Phi) is 12.8. The van der Waals surface area contributed by atoms with Crippen molar-refractivity contribution in [3.63, 3.8) is 0 Å². The maximum atomic E-state index is 16.0. The number of sulfone groups is 1. The van der Waals surface area contributed by atoms with Crippen molar-refractivity contribution in [2.75, 3.05) is 56.8 Å². The summed E-state index contributed by atoms with van der Waals surface area (Å²) in [5.74, 6) is -4.75. The van der Waals surface area contributed by atoms with Gasteiger partial charge in [0.15, 0.2) is 11.5 Å². The summed E-state index contributed by atoms with van der Waals surface area (Å²) in [6.07, 6.45) is 3.17. The van der Waals surface area contributed by atoms with Gasteiger partial charge in [-0.05, 0) is 111 Å². The molecule has 4 aliphatic rings. The first kappa shape index (κ1) is 46.7. The van der Waals surface area contributed by atoms with Gasteiger partial charge in [0.25, 0.3) is 17.7 Å². The highest BCUT2D eigenvalue weighted by molar-refractivity contribution is 7.90. The van der Waals surface area contributed by atoms with E-state index in [1.807, 2.05) is 36.4 Å². The van der Waals surface area contributed by atoms with Crippen LogP contribution in [0.5, 0.6) is 23.0 Å². The van der Waals surface area contributed by atoms with Gasteiger partial charge in [-0.3, -0.25) is 39.0 Å². The molecule has 1 aromatic heterocycles. The van der Waals surface area contributed by atoms with Crippen LogP contribution in [0.3, 0.4) is 0 Å². The molecule has 0 aliphatic carbocycles. The van der Waals surface area contributed by atoms with E-state index in [0.29, 0.717) is 98.4 Å². The van der Waals surface area contributed by atoms with Gasteiger partial charge in [-0.25, -0.2) is 17.2 Å². The molecule has 18 heteroatoms. The Hall–Kier alpha value is -6.40. The highest BCUT2D eigenvalue weighted by atomic mass is 32.2. The molecule has 4 aliphatic heterocycles. The van der Waals surface area contributed by atoms with E-state index in [2.05, 4.69) is 15.3 Å². The Labute approximate surface area is 393 Å². The second-order valence-electron chi connectivity index (χ2n) is 18.3. The standard InChI is InChI=1S/C50H54F2N6O9S/c1-5-66-44-24-32(8-16-43(44)65-3)42(28-68(4,63)64)58-48(61)36-13-9-33(25-39(36)49(58)62)57-22-18-31(19-23-57)40-20-21-56(29-50(40,51)52)27-30-6-10-34(11-7-30)67-35-12-14-37-41(26-35)55(2)54-46(37)38-15-17-45(59)53-47(38)60/h6-14,16,24-26,31,38,40,42H,5,15,17-23,27-29H2,1-4H3,(H,53,59,60)/t38?,40-,42-/m1/s1. The number of amides is 4. The SMILES string of the molecule is CCOc1cc([C@@H](CS(C)(=O)=O)N2C(=O)c3ccc(N4CCC([C@H]5CCN(Cc6ccc(Oc7ccc8c(C9CCC(=O)NC9=O)nn(C)c8c7)cc6)CC5(F)F)CC4)cc3C2=O)ccc1OC. The topological polar surface area (TPSA) is 170 Å². The molecule has 0 saturated carbocycles. The molecule has 0 radical (unpaired) electrons. The van der Waals surface area contributed by atoms with Crippen LogP contribution in [0.2, 0.25) is 0 Å². The van der Waals surface area contributed by atoms with Crippen molar-refractivity contribution in [2.45, 2.75) is 63.5 Å². The fraction of sp³-hybridized carbons (Fsp3) is 0.420. The number of ether oxygens (including phenoxy) is 3. The van der Waals surface area contributed by atoms with Gasteiger partial charge in [-0.2, -0.15) is 5.10 Å². The van der Waals surface area contributed by atoms with Crippen LogP contribution in [0.25, 0.3) is 10.9 Å². The number of aryl methyl sites for hydroxylation is 1. The van der Waals surface area contributed by atoms with Crippen molar-refractivity contribution >= 4 is 50.1 Å². The number of hydrogen-bond donors (Lipinski definition) is 1. The van der Waals surface area contributed by atoms with Gasteiger partial charge in [0.2, 0.25) is 11.8 Å². The van der Waals surface area contributed by atoms with E-state index in [-0.39, 0.29) is 41.8 Å². The summed E-state index contributed by atoms with van der Waals surface area (Å²) in [4.78, 5) is 57.0. The Morgan fingerprint density at radius 1 is 0.853 bits per heavy atom. The quantitative estimate of drug-likeness (QED) is 0.113. The number of aromatic nitrogens is 2. The predicted molar refractivity (Wildman–Crippen MR) is 249 cm³/mol. The summed E-state index contributed by atoms with van der Waals surface area (Å²) >= 11 is 0. The fourth-order valence-electron chi connectivity index (χ4n) is 10.4. The number of rotatable bonds is 14. The number of nitrogens with zero attached hydrogens (tertiary/aromatic N) is 5. The molecule has 3 fully saturated rings. The molecule has 5 aromatic rings. The molecule has 15 nitrogen and oxygen atoms in total. The molecule has 3 saturated heterocycles. The fourth-order valence-corrected chi connectivity index (χ4v) is 11.3. The van der Waals surface area contributed by atoms with Crippen LogP contribution in [0.1, 0.15) is 88.5 Å². The van der Waals surface area contributed by atoms with Gasteiger partial charge in [-0.1, -0.05) is 18.2 Å². The normalized spacial score (nSPS) is 20.7. The third-order valence-corrected chi connectivity index (χ3v) is 14.7. The van der Waals surface area contributed by atoms with Crippen LogP contribution >= 0.6 is 0 Å². The maximum Gasteiger partial charge on any atom is 0.263 e. The highest BCUT2D eigenvalue weighted by Crippen LogP contribution is 2.44. The van der Waals surface area contributed by atoms with Crippen LogP contribution in [0, 0.1) is 11.8 Å². The molecule has 1 N–H and O–H groups in total. The number of fused-ring (bicyclic) bond motifs is 2. The van der Waals surface area contributed by atoms with Crippen LogP contribution in [-0.2, 0) is 33.0 Å². The summed E-state index contributed by atoms with van der Waals surface area (Å²) in [5.41, 5.74) is 3.72. The first-order chi connectivity index (χ1) is 32.5. The van der Waals surface area contributed by atoms with Crippen LogP contribution < -0.4 is 24.4 Å². The summed E-state index contributed by atoms with van der Waals surface area (Å²) < 4.78 is 76.4. The summed E-state index contributed by atoms with van der Waals surface area (Å²) in [6, 6.07) is 21.6. The van der Waals surface area contributed by atoms with E-state index in [0.717, 1.165) is 27.6 Å². The van der Waals surface area contributed by atoms with Crippen molar-refractivity contribution in [3.05, 3.63) is 107 Å². The second-order valence-corrected chi connectivity index (χ2v) is 20.5. The zero-order chi connectivity index (χ0) is 48.1. The van der Waals surface area contributed by atoms with E-state index in [9.17, 15) is 27.6 Å². The number of alkyl halides is 2. The number of halogens is 2.